The number of carbonyl (C=O) groups is 1. The number of anilines is 2. The fourth-order valence-corrected chi connectivity index (χ4v) is 4.27. The van der Waals surface area contributed by atoms with Crippen LogP contribution in [0.25, 0.3) is 10.9 Å². The van der Waals surface area contributed by atoms with Gasteiger partial charge in [0.05, 0.1) is 14.2 Å². The van der Waals surface area contributed by atoms with Crippen molar-refractivity contribution in [3.05, 3.63) is 11.9 Å². The molecule has 0 spiro atoms. The van der Waals surface area contributed by atoms with E-state index in [1.807, 2.05) is 9.80 Å². The Hall–Kier alpha value is -2.88. The minimum Gasteiger partial charge on any atom is -0.493 e. The molecule has 3 heterocycles. The molecule has 1 amide bonds. The van der Waals surface area contributed by atoms with E-state index in [0.717, 1.165) is 13.0 Å². The standard InChI is InChI=1S/C21H29FN6O3/c1-30-15-12-14-18(17(22)19(15)31-2)25-21(26-20(14)23)28-9-7-27(8-10-28)16(29)11-13-5-3-4-6-24-13/h12-13,24H,3-11H2,1-2H3,(H2,23,25,26)/t13-/m0/s1. The van der Waals surface area contributed by atoms with E-state index in [-0.39, 0.29) is 34.8 Å². The Morgan fingerprint density at radius 1 is 1.23 bits per heavy atom. The number of fused-ring (bicyclic) bond motifs is 1. The van der Waals surface area contributed by atoms with Crippen LogP contribution in [-0.2, 0) is 4.79 Å². The second-order valence-corrected chi connectivity index (χ2v) is 7.95. The van der Waals surface area contributed by atoms with Gasteiger partial charge in [0.2, 0.25) is 11.9 Å². The highest BCUT2D eigenvalue weighted by molar-refractivity contribution is 5.92. The number of piperidine rings is 1. The first-order valence-electron chi connectivity index (χ1n) is 10.7. The van der Waals surface area contributed by atoms with Crippen LogP contribution >= 0.6 is 0 Å². The topological polar surface area (TPSA) is 106 Å². The fraction of sp³-hybridized carbons (Fsp3) is 0.571. The Labute approximate surface area is 180 Å². The van der Waals surface area contributed by atoms with Crippen molar-refractivity contribution in [3.8, 4) is 11.5 Å². The number of hydrogen-bond donors (Lipinski definition) is 2. The fourth-order valence-electron chi connectivity index (χ4n) is 4.27. The molecule has 2 aliphatic heterocycles. The van der Waals surface area contributed by atoms with Crippen LogP contribution in [-0.4, -0.2) is 73.8 Å². The maximum atomic E-state index is 15.0. The Balaban J connectivity index is 1.48. The molecule has 1 atom stereocenters. The number of ether oxygens (including phenoxy) is 2. The molecule has 168 valence electrons. The van der Waals surface area contributed by atoms with Gasteiger partial charge in [0.1, 0.15) is 11.3 Å². The van der Waals surface area contributed by atoms with Gasteiger partial charge in [-0.15, -0.1) is 0 Å². The van der Waals surface area contributed by atoms with Crippen LogP contribution in [0.4, 0.5) is 16.2 Å². The molecule has 0 unspecified atom stereocenters. The summed E-state index contributed by atoms with van der Waals surface area (Å²) in [6, 6.07) is 1.85. The highest BCUT2D eigenvalue weighted by atomic mass is 19.1. The normalized spacial score (nSPS) is 19.5. The van der Waals surface area contributed by atoms with Gasteiger partial charge in [-0.2, -0.15) is 4.98 Å². The monoisotopic (exact) mass is 432 g/mol. The second-order valence-electron chi connectivity index (χ2n) is 7.95. The molecule has 1 aromatic heterocycles. The van der Waals surface area contributed by atoms with Gasteiger partial charge in [-0.3, -0.25) is 4.79 Å². The summed E-state index contributed by atoms with van der Waals surface area (Å²) in [5, 5.41) is 3.79. The highest BCUT2D eigenvalue weighted by Gasteiger charge is 2.27. The SMILES string of the molecule is COc1cc2c(N)nc(N3CCN(C(=O)C[C@@H]4CCCCN4)CC3)nc2c(F)c1OC. The van der Waals surface area contributed by atoms with E-state index in [0.29, 0.717) is 43.9 Å². The first kappa shape index (κ1) is 21.4. The van der Waals surface area contributed by atoms with Gasteiger partial charge in [-0.1, -0.05) is 6.42 Å². The molecule has 0 saturated carbocycles. The predicted octanol–water partition coefficient (Wildman–Crippen LogP) is 1.55. The van der Waals surface area contributed by atoms with E-state index in [9.17, 15) is 4.79 Å². The van der Waals surface area contributed by atoms with Crippen molar-refractivity contribution in [2.45, 2.75) is 31.7 Å². The lowest BCUT2D eigenvalue weighted by Crippen LogP contribution is -2.50. The number of benzene rings is 1. The first-order chi connectivity index (χ1) is 15.0. The Morgan fingerprint density at radius 3 is 2.65 bits per heavy atom. The number of nitrogens with two attached hydrogens (primary N) is 1. The molecule has 2 fully saturated rings. The van der Waals surface area contributed by atoms with E-state index in [4.69, 9.17) is 15.2 Å². The third-order valence-electron chi connectivity index (χ3n) is 6.04. The van der Waals surface area contributed by atoms with Crippen LogP contribution in [0.1, 0.15) is 25.7 Å². The van der Waals surface area contributed by atoms with E-state index >= 15 is 4.39 Å². The molecule has 9 nitrogen and oxygen atoms in total. The van der Waals surface area contributed by atoms with Gasteiger partial charge >= 0.3 is 0 Å². The number of halogens is 1. The zero-order valence-corrected chi connectivity index (χ0v) is 18.0. The van der Waals surface area contributed by atoms with Crippen molar-refractivity contribution in [2.24, 2.45) is 0 Å². The largest absolute Gasteiger partial charge is 0.493 e. The van der Waals surface area contributed by atoms with Crippen molar-refractivity contribution < 1.29 is 18.7 Å². The molecule has 2 saturated heterocycles. The number of nitrogens with one attached hydrogen (secondary N) is 1. The molecular weight excluding hydrogens is 403 g/mol. The van der Waals surface area contributed by atoms with Crippen molar-refractivity contribution in [2.75, 3.05) is 57.6 Å². The first-order valence-corrected chi connectivity index (χ1v) is 10.7. The smallest absolute Gasteiger partial charge is 0.228 e. The number of rotatable bonds is 5. The van der Waals surface area contributed by atoms with Gasteiger partial charge in [-0.05, 0) is 25.5 Å². The molecule has 4 rings (SSSR count). The summed E-state index contributed by atoms with van der Waals surface area (Å²) >= 11 is 0. The summed E-state index contributed by atoms with van der Waals surface area (Å²) in [6.45, 7) is 3.25. The third-order valence-corrected chi connectivity index (χ3v) is 6.04. The molecule has 2 aliphatic rings. The Kier molecular flexibility index (Phi) is 6.26. The summed E-state index contributed by atoms with van der Waals surface area (Å²) < 4.78 is 25.3. The predicted molar refractivity (Wildman–Crippen MR) is 116 cm³/mol. The van der Waals surface area contributed by atoms with E-state index < -0.39 is 5.82 Å². The van der Waals surface area contributed by atoms with Crippen LogP contribution in [0.5, 0.6) is 11.5 Å². The summed E-state index contributed by atoms with van der Waals surface area (Å²) in [4.78, 5) is 25.3. The number of amides is 1. The second kappa shape index (κ2) is 9.09. The molecule has 1 aromatic carbocycles. The molecule has 31 heavy (non-hydrogen) atoms. The molecule has 0 bridgehead atoms. The van der Waals surface area contributed by atoms with E-state index in [2.05, 4.69) is 15.3 Å². The van der Waals surface area contributed by atoms with Crippen molar-refractivity contribution in [1.29, 1.82) is 0 Å². The number of hydrogen-bond acceptors (Lipinski definition) is 8. The average Bonchev–Trinajstić information content (AvgIpc) is 2.80. The van der Waals surface area contributed by atoms with Gasteiger partial charge in [0.25, 0.3) is 0 Å². The zero-order valence-electron chi connectivity index (χ0n) is 18.0. The molecule has 3 N–H and O–H groups in total. The van der Waals surface area contributed by atoms with Crippen LogP contribution < -0.4 is 25.4 Å². The zero-order chi connectivity index (χ0) is 22.0. The number of nitrogen functional groups attached to an aromatic ring is 1. The van der Waals surface area contributed by atoms with Gasteiger partial charge in [-0.25, -0.2) is 9.37 Å². The van der Waals surface area contributed by atoms with E-state index in [1.54, 1.807) is 6.07 Å². The van der Waals surface area contributed by atoms with Crippen LogP contribution in [0.3, 0.4) is 0 Å². The Bertz CT molecular complexity index is 958. The molecule has 10 heteroatoms. The maximum Gasteiger partial charge on any atom is 0.228 e. The molecule has 2 aromatic rings. The van der Waals surface area contributed by atoms with Gasteiger partial charge in [0.15, 0.2) is 17.3 Å². The van der Waals surface area contributed by atoms with Crippen LogP contribution in [0, 0.1) is 5.82 Å². The van der Waals surface area contributed by atoms with E-state index in [1.165, 1.54) is 27.1 Å². The summed E-state index contributed by atoms with van der Waals surface area (Å²) in [7, 11) is 2.80. The number of aromatic nitrogens is 2. The lowest BCUT2D eigenvalue weighted by Gasteiger charge is -2.36. The van der Waals surface area contributed by atoms with Crippen molar-refractivity contribution in [1.82, 2.24) is 20.2 Å². The minimum atomic E-state index is -0.638. The molecular formula is C21H29FN6O3. The van der Waals surface area contributed by atoms with Gasteiger partial charge < -0.3 is 30.3 Å². The maximum absolute atomic E-state index is 15.0. The van der Waals surface area contributed by atoms with Crippen molar-refractivity contribution >= 4 is 28.6 Å². The van der Waals surface area contributed by atoms with Crippen molar-refractivity contribution in [3.63, 3.8) is 0 Å². The number of methoxy groups -OCH3 is 2. The van der Waals surface area contributed by atoms with Crippen LogP contribution in [0.2, 0.25) is 0 Å². The Morgan fingerprint density at radius 2 is 2.00 bits per heavy atom. The number of piperazine rings is 1. The summed E-state index contributed by atoms with van der Waals surface area (Å²) in [5.41, 5.74) is 6.20. The number of carbonyl (C=O) groups excluding carboxylic acids is 1. The average molecular weight is 433 g/mol. The number of nitrogens with zero attached hydrogens (tertiary/aromatic N) is 4. The van der Waals surface area contributed by atoms with Crippen LogP contribution in [0.15, 0.2) is 6.07 Å². The lowest BCUT2D eigenvalue weighted by molar-refractivity contribution is -0.132. The molecule has 0 radical (unpaired) electrons. The molecule has 0 aliphatic carbocycles. The minimum absolute atomic E-state index is 0.0224. The summed E-state index contributed by atoms with van der Waals surface area (Å²) in [5.74, 6) is 0.252. The summed E-state index contributed by atoms with van der Waals surface area (Å²) in [6.07, 6.45) is 3.94. The highest BCUT2D eigenvalue weighted by Crippen LogP contribution is 2.37. The quantitative estimate of drug-likeness (QED) is 0.733. The lowest BCUT2D eigenvalue weighted by atomic mass is 10.0. The van der Waals surface area contributed by atoms with Gasteiger partial charge in [0, 0.05) is 44.0 Å². The third kappa shape index (κ3) is 4.30.